The van der Waals surface area contributed by atoms with E-state index in [9.17, 15) is 13.6 Å². The minimum Gasteiger partial charge on any atom is -0.494 e. The van der Waals surface area contributed by atoms with Crippen molar-refractivity contribution >= 4 is 17.9 Å². The first-order valence-electron chi connectivity index (χ1n) is 8.38. The van der Waals surface area contributed by atoms with Crippen LogP contribution in [0.3, 0.4) is 0 Å². The van der Waals surface area contributed by atoms with Gasteiger partial charge >= 0.3 is 12.6 Å². The second-order valence-electron chi connectivity index (χ2n) is 5.59. The lowest BCUT2D eigenvalue weighted by molar-refractivity contribution is -0.129. The van der Waals surface area contributed by atoms with Gasteiger partial charge in [0.2, 0.25) is 5.90 Å². The van der Waals surface area contributed by atoms with Gasteiger partial charge < -0.3 is 18.9 Å². The molecular weight excluding hydrogens is 372 g/mol. The van der Waals surface area contributed by atoms with E-state index in [0.29, 0.717) is 17.9 Å². The Bertz CT molecular complexity index is 940. The summed E-state index contributed by atoms with van der Waals surface area (Å²) in [7, 11) is 1.32. The van der Waals surface area contributed by atoms with E-state index in [0.717, 1.165) is 5.56 Å². The monoisotopic (exact) mass is 389 g/mol. The van der Waals surface area contributed by atoms with E-state index in [1.165, 1.54) is 25.3 Å². The molecule has 1 heterocycles. The van der Waals surface area contributed by atoms with E-state index in [1.807, 2.05) is 13.0 Å². The quantitative estimate of drug-likeness (QED) is 0.528. The minimum atomic E-state index is -2.98. The van der Waals surface area contributed by atoms with Crippen LogP contribution in [-0.4, -0.2) is 32.2 Å². The fraction of sp³-hybridized carbons (Fsp3) is 0.200. The van der Waals surface area contributed by atoms with Gasteiger partial charge in [-0.1, -0.05) is 12.1 Å². The van der Waals surface area contributed by atoms with Crippen molar-refractivity contribution in [1.29, 1.82) is 0 Å². The van der Waals surface area contributed by atoms with Gasteiger partial charge in [0.05, 0.1) is 13.7 Å². The Hall–Kier alpha value is -3.42. The van der Waals surface area contributed by atoms with Crippen LogP contribution in [-0.2, 0) is 9.53 Å². The predicted molar refractivity (Wildman–Crippen MR) is 97.8 cm³/mol. The van der Waals surface area contributed by atoms with Crippen molar-refractivity contribution in [1.82, 2.24) is 0 Å². The van der Waals surface area contributed by atoms with Gasteiger partial charge in [-0.15, -0.1) is 0 Å². The third-order valence-electron chi connectivity index (χ3n) is 3.72. The van der Waals surface area contributed by atoms with Crippen molar-refractivity contribution in [3.63, 3.8) is 0 Å². The second kappa shape index (κ2) is 8.51. The molecule has 0 saturated carbocycles. The molecule has 146 valence electrons. The first kappa shape index (κ1) is 19.3. The standard InChI is InChI=1S/C20H17F2NO5/c1-3-26-14-6-4-5-12(9-14)10-15-19(24)28-18(23-15)13-7-8-16(27-20(21)22)17(11-13)25-2/h4-11,20H,3H2,1-2H3/b15-10+. The van der Waals surface area contributed by atoms with Crippen LogP contribution < -0.4 is 14.2 Å². The number of carbonyl (C=O) groups is 1. The van der Waals surface area contributed by atoms with Gasteiger partial charge in [0.25, 0.3) is 0 Å². The molecule has 0 bridgehead atoms. The summed E-state index contributed by atoms with van der Waals surface area (Å²) in [5.74, 6) is 0.0302. The van der Waals surface area contributed by atoms with Gasteiger partial charge in [-0.3, -0.25) is 0 Å². The molecule has 8 heteroatoms. The van der Waals surface area contributed by atoms with E-state index in [2.05, 4.69) is 9.73 Å². The molecule has 1 aliphatic heterocycles. The Balaban J connectivity index is 1.88. The zero-order valence-electron chi connectivity index (χ0n) is 15.1. The smallest absolute Gasteiger partial charge is 0.387 e. The van der Waals surface area contributed by atoms with Gasteiger partial charge in [0.1, 0.15) is 5.75 Å². The number of halogens is 2. The molecule has 0 radical (unpaired) electrons. The SMILES string of the molecule is CCOc1cccc(/C=C2/N=C(c3ccc(OC(F)F)c(OC)c3)OC2=O)c1. The molecule has 0 unspecified atom stereocenters. The van der Waals surface area contributed by atoms with E-state index < -0.39 is 12.6 Å². The number of rotatable bonds is 7. The molecule has 0 N–H and O–H groups in total. The molecule has 0 fully saturated rings. The normalized spacial score (nSPS) is 14.8. The molecule has 3 rings (SSSR count). The number of alkyl halides is 2. The number of hydrogen-bond acceptors (Lipinski definition) is 6. The van der Waals surface area contributed by atoms with Crippen molar-refractivity contribution in [2.24, 2.45) is 4.99 Å². The Morgan fingerprint density at radius 2 is 2.00 bits per heavy atom. The van der Waals surface area contributed by atoms with Gasteiger partial charge in [-0.2, -0.15) is 8.78 Å². The lowest BCUT2D eigenvalue weighted by atomic mass is 10.2. The molecule has 0 atom stereocenters. The van der Waals surface area contributed by atoms with Crippen molar-refractivity contribution < 1.29 is 32.5 Å². The summed E-state index contributed by atoms with van der Waals surface area (Å²) in [5, 5.41) is 0. The summed E-state index contributed by atoms with van der Waals surface area (Å²) < 4.78 is 44.9. The lowest BCUT2D eigenvalue weighted by Crippen LogP contribution is -2.07. The molecule has 0 saturated heterocycles. The number of ether oxygens (including phenoxy) is 4. The highest BCUT2D eigenvalue weighted by atomic mass is 19.3. The predicted octanol–water partition coefficient (Wildman–Crippen LogP) is 4.04. The van der Waals surface area contributed by atoms with Gasteiger partial charge in [-0.05, 0) is 48.9 Å². The Labute approximate surface area is 160 Å². The minimum absolute atomic E-state index is 0.0408. The van der Waals surface area contributed by atoms with Crippen molar-refractivity contribution in [3.05, 3.63) is 59.3 Å². The van der Waals surface area contributed by atoms with Gasteiger partial charge in [-0.25, -0.2) is 9.79 Å². The van der Waals surface area contributed by atoms with Crippen molar-refractivity contribution in [3.8, 4) is 17.2 Å². The van der Waals surface area contributed by atoms with Crippen LogP contribution in [0.15, 0.2) is 53.2 Å². The van der Waals surface area contributed by atoms with Crippen LogP contribution in [0.25, 0.3) is 6.08 Å². The number of methoxy groups -OCH3 is 1. The number of hydrogen-bond donors (Lipinski definition) is 0. The van der Waals surface area contributed by atoms with E-state index in [4.69, 9.17) is 14.2 Å². The van der Waals surface area contributed by atoms with Crippen molar-refractivity contribution in [2.45, 2.75) is 13.5 Å². The summed E-state index contributed by atoms with van der Waals surface area (Å²) >= 11 is 0. The van der Waals surface area contributed by atoms with Crippen LogP contribution in [0.1, 0.15) is 18.1 Å². The maximum Gasteiger partial charge on any atom is 0.387 e. The summed E-state index contributed by atoms with van der Waals surface area (Å²) in [6.45, 7) is -0.581. The fourth-order valence-electron chi connectivity index (χ4n) is 2.55. The molecule has 0 aromatic heterocycles. The highest BCUT2D eigenvalue weighted by Gasteiger charge is 2.25. The number of aliphatic imine (C=N–C) groups is 1. The number of carbonyl (C=O) groups excluding carboxylic acids is 1. The summed E-state index contributed by atoms with van der Waals surface area (Å²) in [6, 6.07) is 11.3. The topological polar surface area (TPSA) is 66.3 Å². The average Bonchev–Trinajstić information content (AvgIpc) is 3.02. The molecule has 2 aromatic carbocycles. The zero-order valence-corrected chi connectivity index (χ0v) is 15.1. The lowest BCUT2D eigenvalue weighted by Gasteiger charge is -2.10. The van der Waals surface area contributed by atoms with E-state index in [-0.39, 0.29) is 23.1 Å². The molecular formula is C20H17F2NO5. The molecule has 0 amide bonds. The Morgan fingerprint density at radius 1 is 1.18 bits per heavy atom. The second-order valence-corrected chi connectivity index (χ2v) is 5.59. The number of benzene rings is 2. The Kier molecular flexibility index (Phi) is 5.88. The maximum atomic E-state index is 12.4. The number of esters is 1. The third-order valence-corrected chi connectivity index (χ3v) is 3.72. The first-order chi connectivity index (χ1) is 13.5. The largest absolute Gasteiger partial charge is 0.494 e. The summed E-state index contributed by atoms with van der Waals surface area (Å²) in [4.78, 5) is 16.3. The zero-order chi connectivity index (χ0) is 20.1. The van der Waals surface area contributed by atoms with E-state index in [1.54, 1.807) is 24.3 Å². The summed E-state index contributed by atoms with van der Waals surface area (Å²) in [6.07, 6.45) is 1.57. The first-order valence-corrected chi connectivity index (χ1v) is 8.38. The van der Waals surface area contributed by atoms with Gasteiger partial charge in [0.15, 0.2) is 17.2 Å². The van der Waals surface area contributed by atoms with Crippen LogP contribution in [0.5, 0.6) is 17.2 Å². The van der Waals surface area contributed by atoms with Crippen LogP contribution in [0.2, 0.25) is 0 Å². The number of nitrogens with zero attached hydrogens (tertiary/aromatic N) is 1. The highest BCUT2D eigenvalue weighted by Crippen LogP contribution is 2.31. The highest BCUT2D eigenvalue weighted by molar-refractivity contribution is 6.13. The van der Waals surface area contributed by atoms with Crippen LogP contribution in [0, 0.1) is 0 Å². The van der Waals surface area contributed by atoms with Crippen LogP contribution >= 0.6 is 0 Å². The van der Waals surface area contributed by atoms with Gasteiger partial charge in [0, 0.05) is 5.56 Å². The Morgan fingerprint density at radius 3 is 2.71 bits per heavy atom. The van der Waals surface area contributed by atoms with E-state index >= 15 is 0 Å². The van der Waals surface area contributed by atoms with Crippen molar-refractivity contribution in [2.75, 3.05) is 13.7 Å². The number of cyclic esters (lactones) is 1. The average molecular weight is 389 g/mol. The molecule has 0 aliphatic carbocycles. The molecule has 1 aliphatic rings. The van der Waals surface area contributed by atoms with Crippen LogP contribution in [0.4, 0.5) is 8.78 Å². The molecule has 2 aromatic rings. The third kappa shape index (κ3) is 4.46. The fourth-order valence-corrected chi connectivity index (χ4v) is 2.55. The summed E-state index contributed by atoms with van der Waals surface area (Å²) in [5.41, 5.74) is 1.22. The maximum absolute atomic E-state index is 12.4. The molecule has 6 nitrogen and oxygen atoms in total. The molecule has 28 heavy (non-hydrogen) atoms. The molecule has 0 spiro atoms.